The molecule has 2 amide bonds. The molecule has 0 bridgehead atoms. The Bertz CT molecular complexity index is 948. The van der Waals surface area contributed by atoms with Gasteiger partial charge in [0.15, 0.2) is 0 Å². The predicted octanol–water partition coefficient (Wildman–Crippen LogP) is 3.14. The second-order valence-corrected chi connectivity index (χ2v) is 8.28. The van der Waals surface area contributed by atoms with Crippen LogP contribution < -0.4 is 15.4 Å². The number of halogens is 3. The molecule has 0 aliphatic heterocycles. The van der Waals surface area contributed by atoms with E-state index in [2.05, 4.69) is 20.1 Å². The first-order valence-electron chi connectivity index (χ1n) is 8.81. The van der Waals surface area contributed by atoms with Crippen LogP contribution in [-0.2, 0) is 34.5 Å². The molecular formula is C19H22F3N3O4S. The average Bonchev–Trinajstić information content (AvgIpc) is 2.64. The SMILES string of the molecule is CS(=O)(=O)Nc1cccc(CNC(=O)NCc2ccc(COCC(F)(F)F)cc2)c1. The van der Waals surface area contributed by atoms with Gasteiger partial charge >= 0.3 is 12.2 Å². The van der Waals surface area contributed by atoms with E-state index in [0.717, 1.165) is 11.8 Å². The van der Waals surface area contributed by atoms with Gasteiger partial charge in [-0.05, 0) is 28.8 Å². The largest absolute Gasteiger partial charge is 0.411 e. The van der Waals surface area contributed by atoms with Gasteiger partial charge in [-0.3, -0.25) is 4.72 Å². The molecule has 0 aliphatic rings. The van der Waals surface area contributed by atoms with E-state index in [1.807, 2.05) is 0 Å². The Labute approximate surface area is 172 Å². The van der Waals surface area contributed by atoms with Crippen molar-refractivity contribution in [2.75, 3.05) is 17.6 Å². The number of carbonyl (C=O) groups excluding carboxylic acids is 1. The van der Waals surface area contributed by atoms with Gasteiger partial charge in [0.05, 0.1) is 12.9 Å². The van der Waals surface area contributed by atoms with Crippen molar-refractivity contribution in [2.24, 2.45) is 0 Å². The zero-order chi connectivity index (χ0) is 22.2. The van der Waals surface area contributed by atoms with Crippen LogP contribution in [0.3, 0.4) is 0 Å². The molecular weight excluding hydrogens is 423 g/mol. The van der Waals surface area contributed by atoms with E-state index in [1.165, 1.54) is 0 Å². The Morgan fingerprint density at radius 1 is 0.967 bits per heavy atom. The van der Waals surface area contributed by atoms with Gasteiger partial charge in [-0.2, -0.15) is 13.2 Å². The van der Waals surface area contributed by atoms with E-state index in [4.69, 9.17) is 0 Å². The quantitative estimate of drug-likeness (QED) is 0.553. The number of ether oxygens (including phenoxy) is 1. The van der Waals surface area contributed by atoms with Gasteiger partial charge in [0.25, 0.3) is 0 Å². The van der Waals surface area contributed by atoms with Crippen molar-refractivity contribution in [3.05, 3.63) is 65.2 Å². The fourth-order valence-electron chi connectivity index (χ4n) is 2.42. The van der Waals surface area contributed by atoms with Gasteiger partial charge in [-0.15, -0.1) is 0 Å². The number of rotatable bonds is 9. The summed E-state index contributed by atoms with van der Waals surface area (Å²) in [6.07, 6.45) is -3.31. The van der Waals surface area contributed by atoms with E-state index >= 15 is 0 Å². The van der Waals surface area contributed by atoms with Crippen LogP contribution in [0.1, 0.15) is 16.7 Å². The number of amides is 2. The highest BCUT2D eigenvalue weighted by Gasteiger charge is 2.27. The summed E-state index contributed by atoms with van der Waals surface area (Å²) in [5.74, 6) is 0. The van der Waals surface area contributed by atoms with Gasteiger partial charge < -0.3 is 15.4 Å². The van der Waals surface area contributed by atoms with Crippen LogP contribution in [0.25, 0.3) is 0 Å². The molecule has 0 atom stereocenters. The molecule has 0 aromatic heterocycles. The highest BCUT2D eigenvalue weighted by Crippen LogP contribution is 2.16. The van der Waals surface area contributed by atoms with Gasteiger partial charge in [-0.1, -0.05) is 36.4 Å². The number of anilines is 1. The minimum absolute atomic E-state index is 0.152. The van der Waals surface area contributed by atoms with Crippen LogP contribution in [0.5, 0.6) is 0 Å². The summed E-state index contributed by atoms with van der Waals surface area (Å²) in [6.45, 7) is -1.03. The van der Waals surface area contributed by atoms with Crippen LogP contribution in [0, 0.1) is 0 Å². The van der Waals surface area contributed by atoms with Crippen molar-refractivity contribution in [2.45, 2.75) is 25.9 Å². The summed E-state index contributed by atoms with van der Waals surface area (Å²) in [4.78, 5) is 11.9. The lowest BCUT2D eigenvalue weighted by Gasteiger charge is -2.10. The molecule has 164 valence electrons. The molecule has 7 nitrogen and oxygen atoms in total. The number of nitrogens with one attached hydrogen (secondary N) is 3. The fraction of sp³-hybridized carbons (Fsp3) is 0.316. The topological polar surface area (TPSA) is 96.5 Å². The predicted molar refractivity (Wildman–Crippen MR) is 106 cm³/mol. The fourth-order valence-corrected chi connectivity index (χ4v) is 2.98. The van der Waals surface area contributed by atoms with Crippen molar-refractivity contribution in [1.29, 1.82) is 0 Å². The van der Waals surface area contributed by atoms with Crippen LogP contribution in [0.2, 0.25) is 0 Å². The van der Waals surface area contributed by atoms with Gasteiger partial charge in [-0.25, -0.2) is 13.2 Å². The lowest BCUT2D eigenvalue weighted by Crippen LogP contribution is -2.34. The zero-order valence-corrected chi connectivity index (χ0v) is 16.9. The Hall–Kier alpha value is -2.79. The standard InChI is InChI=1S/C19H22F3N3O4S/c1-30(27,28)25-17-4-2-3-16(9-17)11-24-18(26)23-10-14-5-7-15(8-6-14)12-29-13-19(20,21)22/h2-9,25H,10-13H2,1H3,(H2,23,24,26). The summed E-state index contributed by atoms with van der Waals surface area (Å²) in [6, 6.07) is 12.8. The van der Waals surface area contributed by atoms with E-state index < -0.39 is 28.8 Å². The van der Waals surface area contributed by atoms with E-state index in [9.17, 15) is 26.4 Å². The number of sulfonamides is 1. The summed E-state index contributed by atoms with van der Waals surface area (Å²) in [5.41, 5.74) is 2.47. The van der Waals surface area contributed by atoms with Gasteiger partial charge in [0.2, 0.25) is 10.0 Å². The number of alkyl halides is 3. The number of hydrogen-bond donors (Lipinski definition) is 3. The molecule has 2 rings (SSSR count). The number of hydrogen-bond acceptors (Lipinski definition) is 4. The molecule has 3 N–H and O–H groups in total. The van der Waals surface area contributed by atoms with E-state index in [0.29, 0.717) is 16.8 Å². The van der Waals surface area contributed by atoms with Gasteiger partial charge in [0, 0.05) is 18.8 Å². The molecule has 0 spiro atoms. The molecule has 11 heteroatoms. The summed E-state index contributed by atoms with van der Waals surface area (Å²) in [5, 5.41) is 5.32. The normalized spacial score (nSPS) is 11.7. The van der Waals surface area contributed by atoms with Crippen LogP contribution in [0.15, 0.2) is 48.5 Å². The molecule has 0 unspecified atom stereocenters. The first-order chi connectivity index (χ1) is 14.0. The Balaban J connectivity index is 1.75. The van der Waals surface area contributed by atoms with E-state index in [1.54, 1.807) is 48.5 Å². The Kier molecular flexibility index (Phi) is 8.07. The molecule has 0 saturated heterocycles. The molecule has 2 aromatic rings. The molecule has 0 aliphatic carbocycles. The number of benzene rings is 2. The highest BCUT2D eigenvalue weighted by atomic mass is 32.2. The molecule has 0 radical (unpaired) electrons. The lowest BCUT2D eigenvalue weighted by molar-refractivity contribution is -0.176. The maximum Gasteiger partial charge on any atom is 0.411 e. The Morgan fingerprint density at radius 3 is 2.17 bits per heavy atom. The summed E-state index contributed by atoms with van der Waals surface area (Å²) < 4.78 is 65.7. The monoisotopic (exact) mass is 445 g/mol. The lowest BCUT2D eigenvalue weighted by atomic mass is 10.1. The second-order valence-electron chi connectivity index (χ2n) is 6.54. The minimum atomic E-state index is -4.36. The maximum absolute atomic E-state index is 12.1. The first-order valence-corrected chi connectivity index (χ1v) is 10.7. The van der Waals surface area contributed by atoms with Crippen LogP contribution in [-0.4, -0.2) is 33.5 Å². The van der Waals surface area contributed by atoms with E-state index in [-0.39, 0.29) is 19.7 Å². The third-order valence-electron chi connectivity index (χ3n) is 3.69. The third kappa shape index (κ3) is 9.61. The third-order valence-corrected chi connectivity index (χ3v) is 4.30. The smallest absolute Gasteiger partial charge is 0.367 e. The Morgan fingerprint density at radius 2 is 1.57 bits per heavy atom. The number of carbonyl (C=O) groups is 1. The molecule has 0 heterocycles. The van der Waals surface area contributed by atoms with Crippen molar-refractivity contribution in [3.8, 4) is 0 Å². The molecule has 0 saturated carbocycles. The first kappa shape index (κ1) is 23.5. The maximum atomic E-state index is 12.1. The van der Waals surface area contributed by atoms with Crippen LogP contribution >= 0.6 is 0 Å². The highest BCUT2D eigenvalue weighted by molar-refractivity contribution is 7.92. The van der Waals surface area contributed by atoms with Crippen molar-refractivity contribution in [1.82, 2.24) is 10.6 Å². The zero-order valence-electron chi connectivity index (χ0n) is 16.1. The summed E-state index contributed by atoms with van der Waals surface area (Å²) in [7, 11) is -3.39. The second kappa shape index (κ2) is 10.3. The van der Waals surface area contributed by atoms with Crippen molar-refractivity contribution in [3.63, 3.8) is 0 Å². The van der Waals surface area contributed by atoms with Gasteiger partial charge in [0.1, 0.15) is 6.61 Å². The van der Waals surface area contributed by atoms with Crippen molar-refractivity contribution >= 4 is 21.7 Å². The molecule has 2 aromatic carbocycles. The number of urea groups is 1. The molecule has 30 heavy (non-hydrogen) atoms. The van der Waals surface area contributed by atoms with Crippen molar-refractivity contribution < 1.29 is 31.1 Å². The average molecular weight is 445 g/mol. The van der Waals surface area contributed by atoms with Crippen LogP contribution in [0.4, 0.5) is 23.7 Å². The summed E-state index contributed by atoms with van der Waals surface area (Å²) >= 11 is 0. The minimum Gasteiger partial charge on any atom is -0.367 e. The molecule has 0 fully saturated rings.